The van der Waals surface area contributed by atoms with Crippen LogP contribution in [0.2, 0.25) is 0 Å². The normalized spacial score (nSPS) is 19.6. The number of hydrogen-bond donors (Lipinski definition) is 0. The Labute approximate surface area is 366 Å². The Bertz CT molecular complexity index is 1740. The largest absolute Gasteiger partial charge is 0.466 e. The van der Waals surface area contributed by atoms with Gasteiger partial charge < -0.3 is 52.1 Å². The summed E-state index contributed by atoms with van der Waals surface area (Å²) in [6.45, 7) is 15.8. The predicted molar refractivity (Wildman–Crippen MR) is 227 cm³/mol. The number of rotatable bonds is 18. The van der Waals surface area contributed by atoms with E-state index in [2.05, 4.69) is 23.7 Å². The molecule has 62 heavy (non-hydrogen) atoms. The molecule has 0 N–H and O–H groups in total. The molecule has 0 aliphatic carbocycles. The van der Waals surface area contributed by atoms with Crippen LogP contribution in [0.4, 0.5) is 0 Å². The molecule has 5 rings (SSSR count). The summed E-state index contributed by atoms with van der Waals surface area (Å²) in [5.41, 5.74) is 1.55. The first-order valence-corrected chi connectivity index (χ1v) is 21.8. The Hall–Kier alpha value is -4.67. The van der Waals surface area contributed by atoms with Gasteiger partial charge in [0.05, 0.1) is 38.1 Å². The van der Waals surface area contributed by atoms with Gasteiger partial charge in [-0.2, -0.15) is 0 Å². The van der Waals surface area contributed by atoms with E-state index in [4.69, 9.17) is 52.1 Å². The number of cyclic esters (lactones) is 2. The molecular weight excluding hydrogens is 801 g/mol. The average Bonchev–Trinajstić information content (AvgIpc) is 3.25. The maximum absolute atomic E-state index is 12.8. The molecule has 4 atom stereocenters. The van der Waals surface area contributed by atoms with Gasteiger partial charge in [-0.25, -0.2) is 0 Å². The summed E-state index contributed by atoms with van der Waals surface area (Å²) in [5, 5.41) is 0. The molecule has 0 radical (unpaired) electrons. The molecule has 14 heteroatoms. The van der Waals surface area contributed by atoms with Crippen LogP contribution < -0.4 is 9.47 Å². The topological polar surface area (TPSA) is 153 Å². The second-order valence-corrected chi connectivity index (χ2v) is 14.8. The van der Waals surface area contributed by atoms with Crippen molar-refractivity contribution in [2.45, 2.75) is 136 Å². The van der Waals surface area contributed by atoms with E-state index in [0.29, 0.717) is 51.0 Å². The molecular formula is C48H64O14. The van der Waals surface area contributed by atoms with Crippen molar-refractivity contribution >= 4 is 17.9 Å². The van der Waals surface area contributed by atoms with Crippen LogP contribution in [-0.2, 0) is 57.0 Å². The van der Waals surface area contributed by atoms with Crippen molar-refractivity contribution in [2.24, 2.45) is 5.92 Å². The summed E-state index contributed by atoms with van der Waals surface area (Å²) < 4.78 is 60.7. The van der Waals surface area contributed by atoms with Crippen LogP contribution >= 0.6 is 0 Å². The minimum Gasteiger partial charge on any atom is -0.466 e. The van der Waals surface area contributed by atoms with E-state index in [1.54, 1.807) is 31.2 Å². The van der Waals surface area contributed by atoms with Gasteiger partial charge in [-0.1, -0.05) is 36.1 Å². The van der Waals surface area contributed by atoms with Gasteiger partial charge in [-0.05, 0) is 108 Å². The van der Waals surface area contributed by atoms with Gasteiger partial charge in [0.2, 0.25) is 12.6 Å². The molecule has 2 aromatic rings. The SMILES string of the molecule is CCOC(=O)CC(C#CC(OCC)OCC)c1ccc(OC2CCCCO2)cc1.CCOC(C#CC(c1ccc(OC2CCCCO2)cc1)C1C(=O)OC(C)(C)OC1=O)OCC. The van der Waals surface area contributed by atoms with Crippen LogP contribution in [0.5, 0.6) is 11.5 Å². The van der Waals surface area contributed by atoms with Crippen molar-refractivity contribution in [3.8, 4) is 35.2 Å². The third kappa shape index (κ3) is 16.9. The highest BCUT2D eigenvalue weighted by molar-refractivity contribution is 5.98. The Balaban J connectivity index is 0.000000275. The highest BCUT2D eigenvalue weighted by atomic mass is 16.7. The van der Waals surface area contributed by atoms with E-state index in [0.717, 1.165) is 56.4 Å². The molecule has 14 nitrogen and oxygen atoms in total. The van der Waals surface area contributed by atoms with Gasteiger partial charge in [-0.3, -0.25) is 14.4 Å². The maximum Gasteiger partial charge on any atom is 0.325 e. The zero-order valence-electron chi connectivity index (χ0n) is 37.3. The lowest BCUT2D eigenvalue weighted by Crippen LogP contribution is -2.48. The Morgan fingerprint density at radius 3 is 1.50 bits per heavy atom. The highest BCUT2D eigenvalue weighted by Crippen LogP contribution is 2.34. The van der Waals surface area contributed by atoms with Gasteiger partial charge in [0.25, 0.3) is 5.79 Å². The molecule has 3 fully saturated rings. The lowest BCUT2D eigenvalue weighted by molar-refractivity contribution is -0.240. The van der Waals surface area contributed by atoms with Crippen LogP contribution in [0.15, 0.2) is 48.5 Å². The fourth-order valence-electron chi connectivity index (χ4n) is 6.64. The minimum atomic E-state index is -1.32. The Kier molecular flexibility index (Phi) is 21.5. The number of carbonyl (C=O) groups excluding carboxylic acids is 3. The zero-order chi connectivity index (χ0) is 44.7. The molecule has 0 amide bonds. The maximum atomic E-state index is 12.8. The zero-order valence-corrected chi connectivity index (χ0v) is 37.3. The summed E-state index contributed by atoms with van der Waals surface area (Å²) in [4.78, 5) is 37.6. The van der Waals surface area contributed by atoms with E-state index in [1.165, 1.54) is 13.8 Å². The molecule has 340 valence electrons. The summed E-state index contributed by atoms with van der Waals surface area (Å²) >= 11 is 0. The molecule has 2 aromatic carbocycles. The first-order chi connectivity index (χ1) is 30.0. The van der Waals surface area contributed by atoms with Crippen molar-refractivity contribution in [1.82, 2.24) is 0 Å². The summed E-state index contributed by atoms with van der Waals surface area (Å²) in [7, 11) is 0. The molecule has 0 aromatic heterocycles. The smallest absolute Gasteiger partial charge is 0.325 e. The van der Waals surface area contributed by atoms with Crippen molar-refractivity contribution in [2.75, 3.05) is 46.2 Å². The first-order valence-electron chi connectivity index (χ1n) is 21.8. The van der Waals surface area contributed by atoms with E-state index >= 15 is 0 Å². The van der Waals surface area contributed by atoms with E-state index < -0.39 is 42.1 Å². The quantitative estimate of drug-likeness (QED) is 0.0627. The van der Waals surface area contributed by atoms with Crippen molar-refractivity contribution in [1.29, 1.82) is 0 Å². The second kappa shape index (κ2) is 26.7. The lowest BCUT2D eigenvalue weighted by atomic mass is 9.85. The number of esters is 3. The molecule has 3 aliphatic heterocycles. The standard InChI is InChI=1S/C25H32O8.C23H32O6/c1-5-28-20(29-6-2)15-14-19(22-23(26)32-25(3,4)33-24(22)27)17-10-12-18(13-11-17)31-21-9-7-8-16-30-21;1-4-25-21(24)17-19(12-15-22(26-5-2)27-6-3)18-10-13-20(14-11-18)29-23-9-7-8-16-28-23/h10-13,19-22H,5-9,16H2,1-4H3;10-11,13-14,19,22-23H,4-9,16-17H2,1-3H3. The average molecular weight is 865 g/mol. The van der Waals surface area contributed by atoms with Crippen molar-refractivity contribution in [3.05, 3.63) is 59.7 Å². The number of hydrogen-bond acceptors (Lipinski definition) is 14. The second-order valence-electron chi connectivity index (χ2n) is 14.8. The predicted octanol–water partition coefficient (Wildman–Crippen LogP) is 7.56. The third-order valence-corrected chi connectivity index (χ3v) is 9.55. The molecule has 0 saturated carbocycles. The number of ether oxygens (including phenoxy) is 11. The summed E-state index contributed by atoms with van der Waals surface area (Å²) in [6.07, 6.45) is 4.33. The number of carbonyl (C=O) groups is 3. The Morgan fingerprint density at radius 2 is 1.08 bits per heavy atom. The van der Waals surface area contributed by atoms with Crippen LogP contribution in [0.25, 0.3) is 0 Å². The van der Waals surface area contributed by atoms with Crippen LogP contribution in [0.1, 0.15) is 116 Å². The third-order valence-electron chi connectivity index (χ3n) is 9.55. The molecule has 3 heterocycles. The lowest BCUT2D eigenvalue weighted by Gasteiger charge is -2.34. The van der Waals surface area contributed by atoms with Crippen LogP contribution in [0, 0.1) is 29.6 Å². The van der Waals surface area contributed by atoms with Crippen molar-refractivity contribution in [3.63, 3.8) is 0 Å². The molecule has 3 saturated heterocycles. The minimum absolute atomic E-state index is 0.164. The van der Waals surface area contributed by atoms with Gasteiger partial charge in [0.1, 0.15) is 11.5 Å². The van der Waals surface area contributed by atoms with Gasteiger partial charge in [0.15, 0.2) is 18.5 Å². The molecule has 0 bridgehead atoms. The van der Waals surface area contributed by atoms with E-state index in [1.807, 2.05) is 52.0 Å². The van der Waals surface area contributed by atoms with Crippen molar-refractivity contribution < 1.29 is 66.5 Å². The fraction of sp³-hybridized carbons (Fsp3) is 0.604. The monoisotopic (exact) mass is 864 g/mol. The van der Waals surface area contributed by atoms with Gasteiger partial charge in [0, 0.05) is 53.1 Å². The molecule has 0 spiro atoms. The number of benzene rings is 2. The van der Waals surface area contributed by atoms with Gasteiger partial charge >= 0.3 is 17.9 Å². The fourth-order valence-corrected chi connectivity index (χ4v) is 6.64. The molecule has 3 aliphatic rings. The molecule has 4 unspecified atom stereocenters. The summed E-state index contributed by atoms with van der Waals surface area (Å²) in [6, 6.07) is 14.7. The Morgan fingerprint density at radius 1 is 0.629 bits per heavy atom. The first kappa shape index (κ1) is 50.0. The highest BCUT2D eigenvalue weighted by Gasteiger charge is 2.47. The van der Waals surface area contributed by atoms with Gasteiger partial charge in [-0.15, -0.1) is 0 Å². The van der Waals surface area contributed by atoms with E-state index in [9.17, 15) is 14.4 Å². The van der Waals surface area contributed by atoms with Crippen LogP contribution in [0.3, 0.4) is 0 Å². The van der Waals surface area contributed by atoms with E-state index in [-0.39, 0.29) is 30.9 Å². The van der Waals surface area contributed by atoms with Crippen LogP contribution in [-0.4, -0.2) is 95.1 Å². The summed E-state index contributed by atoms with van der Waals surface area (Å²) in [5.74, 6) is 8.05.